The first kappa shape index (κ1) is 12.9. The fourth-order valence-corrected chi connectivity index (χ4v) is 2.27. The molecule has 2 rings (SSSR count). The Morgan fingerprint density at radius 2 is 2.06 bits per heavy atom. The van der Waals surface area contributed by atoms with Crippen molar-refractivity contribution < 1.29 is 13.9 Å². The molecular weight excluding hydrogens is 292 g/mol. The molecule has 1 aliphatic carbocycles. The summed E-state index contributed by atoms with van der Waals surface area (Å²) in [5, 5.41) is 11.9. The number of halogens is 3. The molecule has 1 unspecified atom stereocenters. The van der Waals surface area contributed by atoms with E-state index in [0.29, 0.717) is 18.0 Å². The van der Waals surface area contributed by atoms with Crippen molar-refractivity contribution >= 4 is 15.9 Å². The van der Waals surface area contributed by atoms with Crippen LogP contribution in [0, 0.1) is 17.6 Å². The Labute approximate surface area is 107 Å². The van der Waals surface area contributed by atoms with Crippen LogP contribution in [0.5, 0.6) is 0 Å². The molecule has 1 atom stereocenters. The molecular formula is C12H14BrF2NO. The van der Waals surface area contributed by atoms with Gasteiger partial charge in [0, 0.05) is 18.2 Å². The summed E-state index contributed by atoms with van der Waals surface area (Å²) in [4.78, 5) is 0. The number of hydrogen-bond donors (Lipinski definition) is 2. The highest BCUT2D eigenvalue weighted by Gasteiger charge is 2.33. The van der Waals surface area contributed by atoms with Gasteiger partial charge in [0.1, 0.15) is 11.6 Å². The lowest BCUT2D eigenvalue weighted by Crippen LogP contribution is -2.27. The Morgan fingerprint density at radius 3 is 2.65 bits per heavy atom. The van der Waals surface area contributed by atoms with Gasteiger partial charge in [0.25, 0.3) is 0 Å². The normalized spacial score (nSPS) is 17.2. The Morgan fingerprint density at radius 1 is 1.35 bits per heavy atom. The number of nitrogens with one attached hydrogen (secondary N) is 1. The second-order valence-electron chi connectivity index (χ2n) is 4.28. The number of aliphatic hydroxyl groups excluding tert-OH is 1. The van der Waals surface area contributed by atoms with E-state index in [1.165, 1.54) is 6.07 Å². The summed E-state index contributed by atoms with van der Waals surface area (Å²) in [6.45, 7) is 0.377. The van der Waals surface area contributed by atoms with Crippen LogP contribution in [0.25, 0.3) is 0 Å². The molecule has 0 heterocycles. The van der Waals surface area contributed by atoms with Gasteiger partial charge < -0.3 is 10.4 Å². The Kier molecular flexibility index (Phi) is 4.12. The van der Waals surface area contributed by atoms with Crippen LogP contribution >= 0.6 is 15.9 Å². The van der Waals surface area contributed by atoms with E-state index in [1.807, 2.05) is 0 Å². The zero-order valence-electron chi connectivity index (χ0n) is 9.22. The molecule has 0 bridgehead atoms. The summed E-state index contributed by atoms with van der Waals surface area (Å²) < 4.78 is 27.4. The summed E-state index contributed by atoms with van der Waals surface area (Å²) in [5.74, 6) is -0.532. The van der Waals surface area contributed by atoms with Gasteiger partial charge in [0.15, 0.2) is 0 Å². The van der Waals surface area contributed by atoms with Crippen molar-refractivity contribution in [2.45, 2.75) is 18.9 Å². The van der Waals surface area contributed by atoms with Crippen molar-refractivity contribution in [1.29, 1.82) is 0 Å². The molecule has 1 fully saturated rings. The van der Waals surface area contributed by atoms with Crippen LogP contribution in [-0.2, 0) is 0 Å². The van der Waals surface area contributed by atoms with E-state index in [9.17, 15) is 8.78 Å². The van der Waals surface area contributed by atoms with Crippen LogP contribution in [0.4, 0.5) is 8.78 Å². The minimum Gasteiger partial charge on any atom is -0.395 e. The van der Waals surface area contributed by atoms with Crippen molar-refractivity contribution in [3.8, 4) is 0 Å². The fraction of sp³-hybridized carbons (Fsp3) is 0.500. The van der Waals surface area contributed by atoms with Crippen molar-refractivity contribution in [3.63, 3.8) is 0 Å². The SMILES string of the molecule is OCCNC(c1cc(F)c(Br)cc1F)C1CC1. The zero-order valence-corrected chi connectivity index (χ0v) is 10.8. The first-order chi connectivity index (χ1) is 8.13. The Balaban J connectivity index is 2.25. The van der Waals surface area contributed by atoms with Gasteiger partial charge in [-0.2, -0.15) is 0 Å². The molecule has 0 radical (unpaired) electrons. The standard InChI is InChI=1S/C12H14BrF2NO/c13-9-6-10(14)8(5-11(9)15)12(7-1-2-7)16-3-4-17/h5-7,12,16-17H,1-4H2. The van der Waals surface area contributed by atoms with Crippen LogP contribution in [0.1, 0.15) is 24.4 Å². The molecule has 0 amide bonds. The molecule has 94 valence electrons. The molecule has 1 aliphatic rings. The number of benzene rings is 1. The van der Waals surface area contributed by atoms with Gasteiger partial charge in [-0.1, -0.05) is 0 Å². The molecule has 0 spiro atoms. The van der Waals surface area contributed by atoms with E-state index < -0.39 is 11.6 Å². The van der Waals surface area contributed by atoms with E-state index in [1.54, 1.807) is 0 Å². The Bertz CT molecular complexity index is 410. The third kappa shape index (κ3) is 3.03. The maximum Gasteiger partial charge on any atom is 0.137 e. The van der Waals surface area contributed by atoms with Crippen LogP contribution < -0.4 is 5.32 Å². The molecule has 1 saturated carbocycles. The quantitative estimate of drug-likeness (QED) is 0.820. The number of rotatable bonds is 5. The predicted molar refractivity (Wildman–Crippen MR) is 64.6 cm³/mol. The van der Waals surface area contributed by atoms with E-state index >= 15 is 0 Å². The number of aliphatic hydroxyl groups is 1. The highest BCUT2D eigenvalue weighted by molar-refractivity contribution is 9.10. The van der Waals surface area contributed by atoms with Gasteiger partial charge in [0.2, 0.25) is 0 Å². The summed E-state index contributed by atoms with van der Waals surface area (Å²) in [6, 6.07) is 2.18. The first-order valence-corrected chi connectivity index (χ1v) is 6.41. The smallest absolute Gasteiger partial charge is 0.137 e. The molecule has 2 nitrogen and oxygen atoms in total. The van der Waals surface area contributed by atoms with Crippen molar-refractivity contribution in [2.24, 2.45) is 5.92 Å². The van der Waals surface area contributed by atoms with Crippen molar-refractivity contribution in [2.75, 3.05) is 13.2 Å². The monoisotopic (exact) mass is 305 g/mol. The summed E-state index contributed by atoms with van der Waals surface area (Å²) >= 11 is 2.96. The van der Waals surface area contributed by atoms with Crippen molar-refractivity contribution in [3.05, 3.63) is 33.8 Å². The largest absolute Gasteiger partial charge is 0.395 e. The van der Waals surface area contributed by atoms with Crippen LogP contribution in [-0.4, -0.2) is 18.3 Å². The predicted octanol–water partition coefficient (Wildman–Crippen LogP) is 2.76. The lowest BCUT2D eigenvalue weighted by Gasteiger charge is -2.19. The highest BCUT2D eigenvalue weighted by Crippen LogP contribution is 2.42. The van der Waals surface area contributed by atoms with E-state index in [2.05, 4.69) is 21.2 Å². The minimum atomic E-state index is -0.460. The molecule has 0 saturated heterocycles. The lowest BCUT2D eigenvalue weighted by molar-refractivity contribution is 0.279. The second-order valence-corrected chi connectivity index (χ2v) is 5.13. The summed E-state index contributed by atoms with van der Waals surface area (Å²) in [5.41, 5.74) is 0.349. The van der Waals surface area contributed by atoms with E-state index in [4.69, 9.17) is 5.11 Å². The van der Waals surface area contributed by atoms with Crippen LogP contribution in [0.2, 0.25) is 0 Å². The Hall–Kier alpha value is -0.520. The first-order valence-electron chi connectivity index (χ1n) is 5.62. The second kappa shape index (κ2) is 5.42. The van der Waals surface area contributed by atoms with Crippen molar-refractivity contribution in [1.82, 2.24) is 5.32 Å². The zero-order chi connectivity index (χ0) is 12.4. The van der Waals surface area contributed by atoms with Gasteiger partial charge in [-0.3, -0.25) is 0 Å². The lowest BCUT2D eigenvalue weighted by atomic mass is 10.0. The fourth-order valence-electron chi connectivity index (χ4n) is 1.96. The minimum absolute atomic E-state index is 0.0101. The molecule has 17 heavy (non-hydrogen) atoms. The summed E-state index contributed by atoms with van der Waals surface area (Å²) in [6.07, 6.45) is 2.03. The molecule has 2 N–H and O–H groups in total. The molecule has 1 aromatic carbocycles. The molecule has 1 aromatic rings. The maximum atomic E-state index is 13.8. The molecule has 0 aromatic heterocycles. The van der Waals surface area contributed by atoms with Crippen LogP contribution in [0.15, 0.2) is 16.6 Å². The van der Waals surface area contributed by atoms with Gasteiger partial charge in [-0.05, 0) is 46.8 Å². The molecule has 0 aliphatic heterocycles. The third-order valence-electron chi connectivity index (χ3n) is 2.94. The average molecular weight is 306 g/mol. The third-order valence-corrected chi connectivity index (χ3v) is 3.55. The topological polar surface area (TPSA) is 32.3 Å². The van der Waals surface area contributed by atoms with Crippen LogP contribution in [0.3, 0.4) is 0 Å². The highest BCUT2D eigenvalue weighted by atomic mass is 79.9. The van der Waals surface area contributed by atoms with E-state index in [0.717, 1.165) is 18.9 Å². The van der Waals surface area contributed by atoms with Gasteiger partial charge in [-0.25, -0.2) is 8.78 Å². The maximum absolute atomic E-state index is 13.8. The summed E-state index contributed by atoms with van der Waals surface area (Å²) in [7, 11) is 0. The molecule has 5 heteroatoms. The average Bonchev–Trinajstić information content (AvgIpc) is 3.10. The number of hydrogen-bond acceptors (Lipinski definition) is 2. The van der Waals surface area contributed by atoms with Gasteiger partial charge >= 0.3 is 0 Å². The van der Waals surface area contributed by atoms with E-state index in [-0.39, 0.29) is 17.1 Å². The van der Waals surface area contributed by atoms with Gasteiger partial charge in [-0.15, -0.1) is 0 Å². The van der Waals surface area contributed by atoms with Gasteiger partial charge in [0.05, 0.1) is 11.1 Å².